The summed E-state index contributed by atoms with van der Waals surface area (Å²) in [6.07, 6.45) is 0.941. The van der Waals surface area contributed by atoms with Gasteiger partial charge in [-0.3, -0.25) is 0 Å². The predicted molar refractivity (Wildman–Crippen MR) is 98.7 cm³/mol. The highest BCUT2D eigenvalue weighted by atomic mass is 35.5. The number of benzene rings is 2. The standard InChI is InChI=1S/C17H18Cl2N2S/c1-21(12-14-7-8-15(18)11-16(14)19)17(22)20-10-9-13-5-3-2-4-6-13/h2-8,11H,9-10,12H2,1H3,(H,20,22). The van der Waals surface area contributed by atoms with Crippen molar-refractivity contribution in [3.63, 3.8) is 0 Å². The van der Waals surface area contributed by atoms with Crippen LogP contribution in [-0.2, 0) is 13.0 Å². The van der Waals surface area contributed by atoms with Crippen molar-refractivity contribution in [3.8, 4) is 0 Å². The molecule has 2 rings (SSSR count). The molecule has 0 amide bonds. The molecular weight excluding hydrogens is 335 g/mol. The summed E-state index contributed by atoms with van der Waals surface area (Å²) in [4.78, 5) is 1.97. The van der Waals surface area contributed by atoms with Crippen LogP contribution in [-0.4, -0.2) is 23.6 Å². The fraction of sp³-hybridized carbons (Fsp3) is 0.235. The van der Waals surface area contributed by atoms with E-state index in [0.717, 1.165) is 18.5 Å². The molecule has 0 aromatic heterocycles. The lowest BCUT2D eigenvalue weighted by molar-refractivity contribution is 0.489. The summed E-state index contributed by atoms with van der Waals surface area (Å²) in [7, 11) is 1.95. The molecule has 5 heteroatoms. The summed E-state index contributed by atoms with van der Waals surface area (Å²) in [5.74, 6) is 0. The second-order valence-corrected chi connectivity index (χ2v) is 6.29. The van der Waals surface area contributed by atoms with E-state index in [2.05, 4.69) is 17.4 Å². The van der Waals surface area contributed by atoms with Crippen molar-refractivity contribution >= 4 is 40.5 Å². The zero-order valence-electron chi connectivity index (χ0n) is 12.4. The Labute approximate surface area is 147 Å². The SMILES string of the molecule is CN(Cc1ccc(Cl)cc1Cl)C(=S)NCCc1ccccc1. The molecule has 0 atom stereocenters. The van der Waals surface area contributed by atoms with E-state index in [0.29, 0.717) is 21.7 Å². The van der Waals surface area contributed by atoms with Crippen molar-refractivity contribution in [1.82, 2.24) is 10.2 Å². The molecule has 0 aliphatic rings. The van der Waals surface area contributed by atoms with Gasteiger partial charge in [0.05, 0.1) is 0 Å². The van der Waals surface area contributed by atoms with Crippen LogP contribution in [0.15, 0.2) is 48.5 Å². The number of nitrogens with zero attached hydrogens (tertiary/aromatic N) is 1. The molecule has 0 bridgehead atoms. The molecule has 0 saturated carbocycles. The fourth-order valence-corrected chi connectivity index (χ4v) is 2.71. The van der Waals surface area contributed by atoms with Gasteiger partial charge in [0.15, 0.2) is 5.11 Å². The Kier molecular flexibility index (Phi) is 6.49. The first-order chi connectivity index (χ1) is 10.6. The van der Waals surface area contributed by atoms with Crippen molar-refractivity contribution in [2.24, 2.45) is 0 Å². The first-order valence-corrected chi connectivity index (χ1v) is 8.19. The lowest BCUT2D eigenvalue weighted by Gasteiger charge is -2.21. The smallest absolute Gasteiger partial charge is 0.168 e. The van der Waals surface area contributed by atoms with Gasteiger partial charge >= 0.3 is 0 Å². The van der Waals surface area contributed by atoms with Gasteiger partial charge in [-0.15, -0.1) is 0 Å². The van der Waals surface area contributed by atoms with Crippen LogP contribution in [0.25, 0.3) is 0 Å². The highest BCUT2D eigenvalue weighted by Crippen LogP contribution is 2.21. The maximum Gasteiger partial charge on any atom is 0.168 e. The predicted octanol–water partition coefficient (Wildman–Crippen LogP) is 4.54. The average molecular weight is 353 g/mol. The Morgan fingerprint density at radius 1 is 1.14 bits per heavy atom. The Bertz CT molecular complexity index is 632. The maximum atomic E-state index is 6.19. The Hall–Kier alpha value is -1.29. The maximum absolute atomic E-state index is 6.19. The van der Waals surface area contributed by atoms with Gasteiger partial charge < -0.3 is 10.2 Å². The zero-order valence-corrected chi connectivity index (χ0v) is 14.7. The summed E-state index contributed by atoms with van der Waals surface area (Å²) in [6, 6.07) is 15.8. The molecule has 0 radical (unpaired) electrons. The topological polar surface area (TPSA) is 15.3 Å². The highest BCUT2D eigenvalue weighted by Gasteiger charge is 2.08. The van der Waals surface area contributed by atoms with E-state index in [-0.39, 0.29) is 0 Å². The van der Waals surface area contributed by atoms with Crippen LogP contribution in [0.5, 0.6) is 0 Å². The summed E-state index contributed by atoms with van der Waals surface area (Å²) in [6.45, 7) is 1.45. The molecule has 22 heavy (non-hydrogen) atoms. The van der Waals surface area contributed by atoms with E-state index in [4.69, 9.17) is 35.4 Å². The van der Waals surface area contributed by atoms with E-state index >= 15 is 0 Å². The Balaban J connectivity index is 1.82. The summed E-state index contributed by atoms with van der Waals surface area (Å²) >= 11 is 17.5. The van der Waals surface area contributed by atoms with Crippen LogP contribution in [0.2, 0.25) is 10.0 Å². The number of thiocarbonyl (C=S) groups is 1. The number of hydrogen-bond acceptors (Lipinski definition) is 1. The molecule has 2 aromatic rings. The van der Waals surface area contributed by atoms with Crippen LogP contribution in [0.1, 0.15) is 11.1 Å². The first-order valence-electron chi connectivity index (χ1n) is 7.03. The molecular formula is C17H18Cl2N2S. The van der Waals surface area contributed by atoms with E-state index in [1.54, 1.807) is 6.07 Å². The van der Waals surface area contributed by atoms with Gasteiger partial charge in [-0.1, -0.05) is 59.6 Å². The quantitative estimate of drug-likeness (QED) is 0.795. The number of rotatable bonds is 5. The minimum absolute atomic E-state index is 0.639. The molecule has 0 unspecified atom stereocenters. The van der Waals surface area contributed by atoms with Crippen LogP contribution in [0, 0.1) is 0 Å². The number of nitrogens with one attached hydrogen (secondary N) is 1. The van der Waals surface area contributed by atoms with Gasteiger partial charge in [-0.05, 0) is 41.9 Å². The zero-order chi connectivity index (χ0) is 15.9. The highest BCUT2D eigenvalue weighted by molar-refractivity contribution is 7.80. The van der Waals surface area contributed by atoms with Gasteiger partial charge in [0, 0.05) is 30.2 Å². The third kappa shape index (κ3) is 5.16. The lowest BCUT2D eigenvalue weighted by Crippen LogP contribution is -2.37. The molecule has 0 aliphatic carbocycles. The third-order valence-electron chi connectivity index (χ3n) is 3.30. The van der Waals surface area contributed by atoms with Crippen molar-refractivity contribution in [1.29, 1.82) is 0 Å². The molecule has 0 saturated heterocycles. The molecule has 2 nitrogen and oxygen atoms in total. The number of hydrogen-bond donors (Lipinski definition) is 1. The Morgan fingerprint density at radius 3 is 2.55 bits per heavy atom. The molecule has 0 fully saturated rings. The van der Waals surface area contributed by atoms with Gasteiger partial charge in [0.2, 0.25) is 0 Å². The Morgan fingerprint density at radius 2 is 1.86 bits per heavy atom. The number of halogens is 2. The van der Waals surface area contributed by atoms with Gasteiger partial charge in [-0.25, -0.2) is 0 Å². The van der Waals surface area contributed by atoms with Crippen LogP contribution < -0.4 is 5.32 Å². The summed E-state index contributed by atoms with van der Waals surface area (Å²) < 4.78 is 0. The van der Waals surface area contributed by atoms with E-state index in [9.17, 15) is 0 Å². The van der Waals surface area contributed by atoms with Crippen LogP contribution in [0.3, 0.4) is 0 Å². The second-order valence-electron chi connectivity index (χ2n) is 5.06. The molecule has 0 heterocycles. The van der Waals surface area contributed by atoms with E-state index in [1.165, 1.54) is 5.56 Å². The normalized spacial score (nSPS) is 10.3. The van der Waals surface area contributed by atoms with E-state index in [1.807, 2.05) is 42.3 Å². The second kappa shape index (κ2) is 8.37. The lowest BCUT2D eigenvalue weighted by atomic mass is 10.1. The fourth-order valence-electron chi connectivity index (χ4n) is 2.07. The van der Waals surface area contributed by atoms with Crippen LogP contribution in [0.4, 0.5) is 0 Å². The van der Waals surface area contributed by atoms with Crippen LogP contribution >= 0.6 is 35.4 Å². The monoisotopic (exact) mass is 352 g/mol. The van der Waals surface area contributed by atoms with Crippen molar-refractivity contribution in [2.75, 3.05) is 13.6 Å². The van der Waals surface area contributed by atoms with Gasteiger partial charge in [0.1, 0.15) is 0 Å². The van der Waals surface area contributed by atoms with E-state index < -0.39 is 0 Å². The average Bonchev–Trinajstić information content (AvgIpc) is 2.51. The first kappa shape index (κ1) is 17.1. The van der Waals surface area contributed by atoms with Gasteiger partial charge in [0.25, 0.3) is 0 Å². The minimum Gasteiger partial charge on any atom is -0.362 e. The molecule has 116 valence electrons. The molecule has 0 spiro atoms. The van der Waals surface area contributed by atoms with Gasteiger partial charge in [-0.2, -0.15) is 0 Å². The molecule has 2 aromatic carbocycles. The summed E-state index contributed by atoms with van der Waals surface area (Å²) in [5.41, 5.74) is 2.29. The van der Waals surface area contributed by atoms with Crippen molar-refractivity contribution in [2.45, 2.75) is 13.0 Å². The molecule has 1 N–H and O–H groups in total. The van der Waals surface area contributed by atoms with Crippen molar-refractivity contribution in [3.05, 3.63) is 69.7 Å². The largest absolute Gasteiger partial charge is 0.362 e. The van der Waals surface area contributed by atoms with Crippen molar-refractivity contribution < 1.29 is 0 Å². The summed E-state index contributed by atoms with van der Waals surface area (Å²) in [5, 5.41) is 5.28. The minimum atomic E-state index is 0.639. The third-order valence-corrected chi connectivity index (χ3v) is 4.35. The molecule has 0 aliphatic heterocycles.